The zero-order chi connectivity index (χ0) is 22.2. The summed E-state index contributed by atoms with van der Waals surface area (Å²) < 4.78 is 0. The number of nitrogens with zero attached hydrogens (tertiary/aromatic N) is 3. The third kappa shape index (κ3) is 3.67. The van der Waals surface area contributed by atoms with Gasteiger partial charge in [0.25, 0.3) is 11.8 Å². The zero-order valence-electron chi connectivity index (χ0n) is 18.2. The van der Waals surface area contributed by atoms with Gasteiger partial charge in [0.1, 0.15) is 5.69 Å². The van der Waals surface area contributed by atoms with Crippen LogP contribution in [0.25, 0.3) is 11.1 Å². The monoisotopic (exact) mass is 426 g/mol. The standard InChI is InChI=1S/C26H26N4O2/c1-29(2)25(31)20-12-8-18(9-13-20)17-6-10-19(11-7-17)24-22-15-30(16-23(24)28-22)26(32)21-5-3-4-14-27-21/h3-14,22-24,28H,15-16H2,1-2H3/t22-,23+,24?. The molecular formula is C26H26N4O2. The Morgan fingerprint density at radius 3 is 2.09 bits per heavy atom. The summed E-state index contributed by atoms with van der Waals surface area (Å²) in [7, 11) is 3.51. The van der Waals surface area contributed by atoms with Crippen LogP contribution in [0.4, 0.5) is 0 Å². The van der Waals surface area contributed by atoms with Gasteiger partial charge in [-0.3, -0.25) is 14.6 Å². The second kappa shape index (κ2) is 8.20. The number of pyridine rings is 1. The summed E-state index contributed by atoms with van der Waals surface area (Å²) >= 11 is 0. The number of amides is 2. The molecule has 3 atom stereocenters. The van der Waals surface area contributed by atoms with E-state index in [1.807, 2.05) is 41.3 Å². The van der Waals surface area contributed by atoms with Gasteiger partial charge in [-0.25, -0.2) is 0 Å². The number of carbonyl (C=O) groups is 2. The number of rotatable bonds is 4. The number of carbonyl (C=O) groups excluding carboxylic acids is 2. The van der Waals surface area contributed by atoms with Gasteiger partial charge in [0.05, 0.1) is 0 Å². The largest absolute Gasteiger partial charge is 0.345 e. The molecule has 3 aromatic rings. The molecule has 6 nitrogen and oxygen atoms in total. The van der Waals surface area contributed by atoms with Crippen molar-refractivity contribution in [2.45, 2.75) is 18.0 Å². The highest BCUT2D eigenvalue weighted by Gasteiger charge is 2.48. The van der Waals surface area contributed by atoms with Gasteiger partial charge in [0.15, 0.2) is 0 Å². The number of piperazine rings is 1. The van der Waals surface area contributed by atoms with Gasteiger partial charge in [-0.15, -0.1) is 0 Å². The molecular weight excluding hydrogens is 400 g/mol. The van der Waals surface area contributed by atoms with Crippen LogP contribution in [0.15, 0.2) is 72.9 Å². The summed E-state index contributed by atoms with van der Waals surface area (Å²) in [4.78, 5) is 32.5. The summed E-state index contributed by atoms with van der Waals surface area (Å²) in [6.45, 7) is 1.39. The highest BCUT2D eigenvalue weighted by Crippen LogP contribution is 2.37. The molecule has 0 saturated carbocycles. The predicted molar refractivity (Wildman–Crippen MR) is 123 cm³/mol. The molecule has 0 spiro atoms. The lowest BCUT2D eigenvalue weighted by Crippen LogP contribution is -2.72. The number of nitrogens with one attached hydrogen (secondary N) is 1. The maximum absolute atomic E-state index is 12.7. The topological polar surface area (TPSA) is 65.5 Å². The summed E-state index contributed by atoms with van der Waals surface area (Å²) in [5.74, 6) is 0.426. The molecule has 1 aromatic heterocycles. The van der Waals surface area contributed by atoms with Gasteiger partial charge in [0, 0.05) is 56.9 Å². The fourth-order valence-corrected chi connectivity index (χ4v) is 4.77. The van der Waals surface area contributed by atoms with Crippen molar-refractivity contribution in [3.05, 3.63) is 89.7 Å². The summed E-state index contributed by atoms with van der Waals surface area (Å²) in [5.41, 5.74) is 4.71. The molecule has 32 heavy (non-hydrogen) atoms. The zero-order valence-corrected chi connectivity index (χ0v) is 18.2. The van der Waals surface area contributed by atoms with Crippen molar-refractivity contribution in [1.82, 2.24) is 20.1 Å². The first-order chi connectivity index (χ1) is 15.5. The van der Waals surface area contributed by atoms with Crippen molar-refractivity contribution in [2.75, 3.05) is 27.2 Å². The van der Waals surface area contributed by atoms with Crippen molar-refractivity contribution < 1.29 is 9.59 Å². The van der Waals surface area contributed by atoms with Crippen molar-refractivity contribution in [3.8, 4) is 11.1 Å². The molecule has 0 radical (unpaired) electrons. The lowest BCUT2D eigenvalue weighted by Gasteiger charge is -2.54. The van der Waals surface area contributed by atoms with Crippen LogP contribution in [-0.4, -0.2) is 65.9 Å². The Kier molecular flexibility index (Phi) is 5.23. The fraction of sp³-hybridized carbons (Fsp3) is 0.269. The van der Waals surface area contributed by atoms with E-state index >= 15 is 0 Å². The van der Waals surface area contributed by atoms with E-state index in [0.29, 0.717) is 30.3 Å². The Balaban J connectivity index is 1.26. The smallest absolute Gasteiger partial charge is 0.272 e. The van der Waals surface area contributed by atoms with Gasteiger partial charge in [-0.1, -0.05) is 42.5 Å². The molecule has 162 valence electrons. The first kappa shape index (κ1) is 20.4. The van der Waals surface area contributed by atoms with Crippen molar-refractivity contribution in [2.24, 2.45) is 0 Å². The van der Waals surface area contributed by atoms with Gasteiger partial charge in [0.2, 0.25) is 0 Å². The minimum absolute atomic E-state index is 0.00601. The minimum Gasteiger partial charge on any atom is -0.345 e. The Labute approximate surface area is 187 Å². The van der Waals surface area contributed by atoms with E-state index in [1.54, 1.807) is 31.3 Å². The molecule has 2 amide bonds. The van der Waals surface area contributed by atoms with E-state index in [0.717, 1.165) is 11.1 Å². The number of benzene rings is 2. The lowest BCUT2D eigenvalue weighted by atomic mass is 9.74. The molecule has 3 saturated heterocycles. The average molecular weight is 427 g/mol. The molecule has 3 aliphatic heterocycles. The summed E-state index contributed by atoms with van der Waals surface area (Å²) in [6.07, 6.45) is 1.66. The highest BCUT2D eigenvalue weighted by molar-refractivity contribution is 5.94. The fourth-order valence-electron chi connectivity index (χ4n) is 4.77. The SMILES string of the molecule is CN(C)C(=O)c1ccc(-c2ccc(C3[C@@H]4CN(C(=O)c5ccccn5)C[C@H]3N4)cc2)cc1. The maximum Gasteiger partial charge on any atom is 0.272 e. The minimum atomic E-state index is 0.00601. The average Bonchev–Trinajstić information content (AvgIpc) is 2.84. The van der Waals surface area contributed by atoms with Crippen LogP contribution in [0.3, 0.4) is 0 Å². The Bertz CT molecular complexity index is 1110. The molecule has 3 aliphatic rings. The Morgan fingerprint density at radius 1 is 0.906 bits per heavy atom. The first-order valence-corrected chi connectivity index (χ1v) is 10.9. The predicted octanol–water partition coefficient (Wildman–Crippen LogP) is 3.03. The molecule has 1 unspecified atom stereocenters. The second-order valence-electron chi connectivity index (χ2n) is 8.73. The lowest BCUT2D eigenvalue weighted by molar-refractivity contribution is 0.0362. The van der Waals surface area contributed by atoms with E-state index in [1.165, 1.54) is 5.56 Å². The Hall–Kier alpha value is -3.51. The number of fused-ring (bicyclic) bond motifs is 2. The van der Waals surface area contributed by atoms with E-state index in [9.17, 15) is 9.59 Å². The van der Waals surface area contributed by atoms with Crippen LogP contribution in [0.5, 0.6) is 0 Å². The van der Waals surface area contributed by atoms with Crippen molar-refractivity contribution in [1.29, 1.82) is 0 Å². The number of hydrogen-bond acceptors (Lipinski definition) is 4. The number of hydrogen-bond donors (Lipinski definition) is 1. The van der Waals surface area contributed by atoms with Crippen LogP contribution >= 0.6 is 0 Å². The van der Waals surface area contributed by atoms with Gasteiger partial charge in [-0.2, -0.15) is 0 Å². The molecule has 1 N–H and O–H groups in total. The highest BCUT2D eigenvalue weighted by atomic mass is 16.2. The van der Waals surface area contributed by atoms with Gasteiger partial charge in [-0.05, 0) is 41.0 Å². The van der Waals surface area contributed by atoms with E-state index in [4.69, 9.17) is 0 Å². The van der Waals surface area contributed by atoms with Crippen LogP contribution in [-0.2, 0) is 0 Å². The van der Waals surface area contributed by atoms with Crippen LogP contribution in [0.1, 0.15) is 32.3 Å². The van der Waals surface area contributed by atoms with E-state index in [-0.39, 0.29) is 23.9 Å². The van der Waals surface area contributed by atoms with Crippen LogP contribution in [0, 0.1) is 0 Å². The van der Waals surface area contributed by atoms with E-state index in [2.05, 4.69) is 34.6 Å². The number of piperidine rings is 1. The normalized spacial score (nSPS) is 21.6. The quantitative estimate of drug-likeness (QED) is 0.697. The molecule has 2 bridgehead atoms. The van der Waals surface area contributed by atoms with Crippen LogP contribution in [0.2, 0.25) is 0 Å². The molecule has 2 aromatic carbocycles. The molecule has 3 fully saturated rings. The Morgan fingerprint density at radius 2 is 1.53 bits per heavy atom. The second-order valence-corrected chi connectivity index (χ2v) is 8.73. The van der Waals surface area contributed by atoms with E-state index < -0.39 is 0 Å². The summed E-state index contributed by atoms with van der Waals surface area (Å²) in [6, 6.07) is 22.4. The third-order valence-electron chi connectivity index (χ3n) is 6.47. The first-order valence-electron chi connectivity index (χ1n) is 10.9. The molecule has 4 heterocycles. The maximum atomic E-state index is 12.7. The van der Waals surface area contributed by atoms with Crippen LogP contribution < -0.4 is 5.32 Å². The number of aromatic nitrogens is 1. The molecule has 6 rings (SSSR count). The molecule has 6 heteroatoms. The summed E-state index contributed by atoms with van der Waals surface area (Å²) in [5, 5.41) is 3.59. The van der Waals surface area contributed by atoms with Crippen molar-refractivity contribution >= 4 is 11.8 Å². The van der Waals surface area contributed by atoms with Crippen molar-refractivity contribution in [3.63, 3.8) is 0 Å². The molecule has 0 aliphatic carbocycles. The third-order valence-corrected chi connectivity index (χ3v) is 6.47. The van der Waals surface area contributed by atoms with Gasteiger partial charge >= 0.3 is 0 Å². The van der Waals surface area contributed by atoms with Gasteiger partial charge < -0.3 is 15.1 Å².